The first-order valence-electron chi connectivity index (χ1n) is 6.89. The van der Waals surface area contributed by atoms with Gasteiger partial charge in [-0.3, -0.25) is 0 Å². The van der Waals surface area contributed by atoms with Crippen molar-refractivity contribution in [2.24, 2.45) is 0 Å². The molecule has 1 aromatic carbocycles. The number of hydrogen-bond donors (Lipinski definition) is 1. The van der Waals surface area contributed by atoms with Crippen LogP contribution in [0.3, 0.4) is 0 Å². The van der Waals surface area contributed by atoms with E-state index in [4.69, 9.17) is 4.74 Å². The van der Waals surface area contributed by atoms with Crippen LogP contribution >= 0.6 is 0 Å². The largest absolute Gasteiger partial charge is 0.513 e. The average Bonchev–Trinajstić information content (AvgIpc) is 2.50. The van der Waals surface area contributed by atoms with E-state index in [1.54, 1.807) is 6.92 Å². The minimum absolute atomic E-state index is 0.392. The second kappa shape index (κ2) is 6.35. The molecule has 5 heteroatoms. The van der Waals surface area contributed by atoms with Gasteiger partial charge in [0.25, 0.3) is 0 Å². The molecular formula is C17H18N2O3. The molecule has 1 aromatic rings. The van der Waals surface area contributed by atoms with Crippen molar-refractivity contribution in [3.63, 3.8) is 0 Å². The fourth-order valence-electron chi connectivity index (χ4n) is 2.60. The molecule has 2 rings (SSSR count). The summed E-state index contributed by atoms with van der Waals surface area (Å²) in [6, 6.07) is 9.95. The van der Waals surface area contributed by atoms with Crippen LogP contribution in [0.1, 0.15) is 30.9 Å². The highest BCUT2D eigenvalue weighted by atomic mass is 16.7. The summed E-state index contributed by atoms with van der Waals surface area (Å²) in [5.74, 6) is -0.0325. The number of dihydropyridines is 1. The lowest BCUT2D eigenvalue weighted by atomic mass is 9.84. The number of methoxy groups -OCH3 is 1. The molecule has 0 amide bonds. The molecule has 0 saturated heterocycles. The van der Waals surface area contributed by atoms with Gasteiger partial charge in [-0.2, -0.15) is 5.26 Å². The van der Waals surface area contributed by atoms with Crippen LogP contribution < -0.4 is 5.32 Å². The molecule has 0 aromatic heterocycles. The fraction of sp³-hybridized carbons (Fsp3) is 0.294. The molecule has 0 fully saturated rings. The summed E-state index contributed by atoms with van der Waals surface area (Å²) in [6.45, 7) is 5.61. The predicted octanol–water partition coefficient (Wildman–Crippen LogP) is 3.49. The van der Waals surface area contributed by atoms with Gasteiger partial charge in [0.1, 0.15) is 5.76 Å². The van der Waals surface area contributed by atoms with Crippen molar-refractivity contribution in [3.8, 4) is 6.07 Å². The SMILES string of the molecule is COC(=O)OC1=C(C)NC(C)=C(C#N)C1c1ccccc1C. The molecule has 1 atom stereocenters. The van der Waals surface area contributed by atoms with E-state index in [0.717, 1.165) is 16.8 Å². The number of ether oxygens (including phenoxy) is 2. The Morgan fingerprint density at radius 3 is 2.50 bits per heavy atom. The Morgan fingerprint density at radius 2 is 1.91 bits per heavy atom. The molecule has 1 aliphatic heterocycles. The molecule has 0 spiro atoms. The van der Waals surface area contributed by atoms with Gasteiger partial charge in [0.2, 0.25) is 0 Å². The van der Waals surface area contributed by atoms with Crippen LogP contribution in [0.15, 0.2) is 47.0 Å². The maximum atomic E-state index is 11.6. The van der Waals surface area contributed by atoms with E-state index in [-0.39, 0.29) is 0 Å². The van der Waals surface area contributed by atoms with E-state index in [1.807, 2.05) is 38.1 Å². The minimum Gasteiger partial charge on any atom is -0.437 e. The second-order valence-electron chi connectivity index (χ2n) is 5.11. The molecule has 114 valence electrons. The van der Waals surface area contributed by atoms with Crippen LogP contribution in [-0.4, -0.2) is 13.3 Å². The topological polar surface area (TPSA) is 71.3 Å². The standard InChI is InChI=1S/C17H18N2O3/c1-10-7-5-6-8-13(10)15-14(9-18)11(2)19-12(3)16(15)22-17(20)21-4/h5-8,15,19H,1-4H3. The van der Waals surface area contributed by atoms with Crippen LogP contribution in [0.4, 0.5) is 4.79 Å². The van der Waals surface area contributed by atoms with Crippen LogP contribution in [0.2, 0.25) is 0 Å². The summed E-state index contributed by atoms with van der Waals surface area (Å²) >= 11 is 0. The number of hydrogen-bond acceptors (Lipinski definition) is 5. The zero-order valence-electron chi connectivity index (χ0n) is 13.1. The molecule has 1 unspecified atom stereocenters. The van der Waals surface area contributed by atoms with Gasteiger partial charge in [-0.15, -0.1) is 0 Å². The molecular weight excluding hydrogens is 280 g/mol. The van der Waals surface area contributed by atoms with Gasteiger partial charge in [0.05, 0.1) is 30.4 Å². The molecule has 0 saturated carbocycles. The lowest BCUT2D eigenvalue weighted by Crippen LogP contribution is -2.26. The maximum absolute atomic E-state index is 11.6. The van der Waals surface area contributed by atoms with Crippen molar-refractivity contribution in [1.82, 2.24) is 5.32 Å². The molecule has 1 aliphatic rings. The summed E-state index contributed by atoms with van der Waals surface area (Å²) in [7, 11) is 1.25. The lowest BCUT2D eigenvalue weighted by Gasteiger charge is -2.29. The highest BCUT2D eigenvalue weighted by Gasteiger charge is 2.33. The number of nitriles is 1. The molecule has 5 nitrogen and oxygen atoms in total. The monoisotopic (exact) mass is 298 g/mol. The zero-order chi connectivity index (χ0) is 16.3. The van der Waals surface area contributed by atoms with Crippen molar-refractivity contribution < 1.29 is 14.3 Å². The van der Waals surface area contributed by atoms with Crippen LogP contribution in [0.25, 0.3) is 0 Å². The number of benzene rings is 1. The Bertz CT molecular complexity index is 711. The number of aryl methyl sites for hydroxylation is 1. The molecule has 1 N–H and O–H groups in total. The van der Waals surface area contributed by atoms with Gasteiger partial charge >= 0.3 is 6.16 Å². The first-order chi connectivity index (χ1) is 10.5. The Kier molecular flexibility index (Phi) is 4.52. The van der Waals surface area contributed by atoms with Crippen molar-refractivity contribution in [3.05, 3.63) is 58.1 Å². The smallest absolute Gasteiger partial charge is 0.437 e. The van der Waals surface area contributed by atoms with E-state index >= 15 is 0 Å². The van der Waals surface area contributed by atoms with Crippen molar-refractivity contribution in [2.75, 3.05) is 7.11 Å². The van der Waals surface area contributed by atoms with Crippen LogP contribution in [0.5, 0.6) is 0 Å². The molecule has 22 heavy (non-hydrogen) atoms. The number of rotatable bonds is 2. The normalized spacial score (nSPS) is 17.7. The van der Waals surface area contributed by atoms with Crippen molar-refractivity contribution >= 4 is 6.16 Å². The number of nitrogens with one attached hydrogen (secondary N) is 1. The summed E-state index contributed by atoms with van der Waals surface area (Å²) in [5, 5.41) is 12.6. The van der Waals surface area contributed by atoms with Crippen LogP contribution in [-0.2, 0) is 9.47 Å². The lowest BCUT2D eigenvalue weighted by molar-refractivity contribution is 0.0922. The number of nitrogens with zero attached hydrogens (tertiary/aromatic N) is 1. The van der Waals surface area contributed by atoms with E-state index in [1.165, 1.54) is 7.11 Å². The van der Waals surface area contributed by atoms with Gasteiger partial charge in [-0.25, -0.2) is 4.79 Å². The quantitative estimate of drug-likeness (QED) is 0.846. The zero-order valence-corrected chi connectivity index (χ0v) is 13.1. The van der Waals surface area contributed by atoms with Gasteiger partial charge < -0.3 is 14.8 Å². The summed E-state index contributed by atoms with van der Waals surface area (Å²) in [5.41, 5.74) is 3.92. The molecule has 0 bridgehead atoms. The maximum Gasteiger partial charge on any atom is 0.513 e. The van der Waals surface area contributed by atoms with Gasteiger partial charge in [-0.1, -0.05) is 24.3 Å². The van der Waals surface area contributed by atoms with Gasteiger partial charge in [-0.05, 0) is 31.9 Å². The first kappa shape index (κ1) is 15.6. The van der Waals surface area contributed by atoms with E-state index in [9.17, 15) is 10.1 Å². The molecule has 0 radical (unpaired) electrons. The summed E-state index contributed by atoms with van der Waals surface area (Å²) in [6.07, 6.45) is -0.799. The number of carbonyl (C=O) groups excluding carboxylic acids is 1. The van der Waals surface area contributed by atoms with Gasteiger partial charge in [0.15, 0.2) is 0 Å². The Balaban J connectivity index is 2.59. The number of allylic oxidation sites excluding steroid dienone is 3. The molecule has 0 aliphatic carbocycles. The fourth-order valence-corrected chi connectivity index (χ4v) is 2.60. The summed E-state index contributed by atoms with van der Waals surface area (Å²) < 4.78 is 9.92. The summed E-state index contributed by atoms with van der Waals surface area (Å²) in [4.78, 5) is 11.6. The van der Waals surface area contributed by atoms with E-state index in [0.29, 0.717) is 17.0 Å². The Labute approximate surface area is 129 Å². The predicted molar refractivity (Wildman–Crippen MR) is 81.6 cm³/mol. The van der Waals surface area contributed by atoms with Crippen molar-refractivity contribution in [2.45, 2.75) is 26.7 Å². The highest BCUT2D eigenvalue weighted by Crippen LogP contribution is 2.39. The van der Waals surface area contributed by atoms with Crippen LogP contribution in [0, 0.1) is 18.3 Å². The van der Waals surface area contributed by atoms with Crippen molar-refractivity contribution in [1.29, 1.82) is 5.26 Å². The van der Waals surface area contributed by atoms with E-state index in [2.05, 4.69) is 16.1 Å². The average molecular weight is 298 g/mol. The second-order valence-corrected chi connectivity index (χ2v) is 5.11. The van der Waals surface area contributed by atoms with E-state index < -0.39 is 12.1 Å². The third-order valence-corrected chi connectivity index (χ3v) is 3.68. The Morgan fingerprint density at radius 1 is 1.23 bits per heavy atom. The minimum atomic E-state index is -0.799. The number of carbonyl (C=O) groups is 1. The third kappa shape index (κ3) is 2.82. The third-order valence-electron chi connectivity index (χ3n) is 3.68. The Hall–Kier alpha value is -2.74. The van der Waals surface area contributed by atoms with Gasteiger partial charge in [0, 0.05) is 5.70 Å². The molecule has 1 heterocycles. The first-order valence-corrected chi connectivity index (χ1v) is 6.89. The highest BCUT2D eigenvalue weighted by molar-refractivity contribution is 5.63.